The summed E-state index contributed by atoms with van der Waals surface area (Å²) in [5, 5.41) is 10.5. The summed E-state index contributed by atoms with van der Waals surface area (Å²) in [5.41, 5.74) is 7.51. The van der Waals surface area contributed by atoms with E-state index in [9.17, 15) is 9.59 Å². The summed E-state index contributed by atoms with van der Waals surface area (Å²) in [6, 6.07) is 40.4. The van der Waals surface area contributed by atoms with Crippen LogP contribution in [0.3, 0.4) is 0 Å². The van der Waals surface area contributed by atoms with Gasteiger partial charge in [-0.3, -0.25) is 9.59 Å². The molecule has 0 aromatic heterocycles. The smallest absolute Gasteiger partial charge is 0.248 e. The molecule has 6 aromatic carbocycles. The molecule has 0 radical (unpaired) electrons. The molecule has 4 nitrogen and oxygen atoms in total. The van der Waals surface area contributed by atoms with Gasteiger partial charge in [-0.2, -0.15) is 0 Å². The maximum absolute atomic E-state index is 12.7. The van der Waals surface area contributed by atoms with E-state index in [1.165, 1.54) is 0 Å². The third-order valence-electron chi connectivity index (χ3n) is 7.78. The van der Waals surface area contributed by atoms with Gasteiger partial charge >= 0.3 is 0 Å². The average Bonchev–Trinajstić information content (AvgIpc) is 3.04. The van der Waals surface area contributed by atoms with E-state index in [0.717, 1.165) is 66.3 Å². The van der Waals surface area contributed by atoms with Crippen molar-refractivity contribution in [1.82, 2.24) is 0 Å². The van der Waals surface area contributed by atoms with Crippen molar-refractivity contribution in [3.8, 4) is 11.1 Å². The number of carbonyl (C=O) groups is 2. The number of hydrogen-bond acceptors (Lipinski definition) is 2. The fourth-order valence-electron chi connectivity index (χ4n) is 5.44. The molecular formula is C40H32N2O2. The van der Waals surface area contributed by atoms with Gasteiger partial charge in [0.25, 0.3) is 0 Å². The number of fused-ring (bicyclic) bond motifs is 2. The van der Waals surface area contributed by atoms with E-state index in [1.54, 1.807) is 12.2 Å². The molecule has 6 aromatic rings. The normalized spacial score (nSPS) is 11.4. The highest BCUT2D eigenvalue weighted by molar-refractivity contribution is 6.05. The molecule has 0 saturated heterocycles. The number of nitrogens with one attached hydrogen (secondary N) is 2. The third kappa shape index (κ3) is 6.35. The highest BCUT2D eigenvalue weighted by Gasteiger charge is 2.08. The van der Waals surface area contributed by atoms with Gasteiger partial charge in [-0.25, -0.2) is 0 Å². The lowest BCUT2D eigenvalue weighted by Crippen LogP contribution is -2.09. The Morgan fingerprint density at radius 2 is 0.909 bits per heavy atom. The van der Waals surface area contributed by atoms with Crippen molar-refractivity contribution in [3.63, 3.8) is 0 Å². The topological polar surface area (TPSA) is 58.2 Å². The molecule has 214 valence electrons. The molecule has 2 N–H and O–H groups in total. The molecule has 0 unspecified atom stereocenters. The van der Waals surface area contributed by atoms with Crippen molar-refractivity contribution >= 4 is 56.9 Å². The first kappa shape index (κ1) is 28.4. The molecule has 0 fully saturated rings. The van der Waals surface area contributed by atoms with Gasteiger partial charge in [-0.1, -0.05) is 97.1 Å². The number of benzene rings is 6. The van der Waals surface area contributed by atoms with Crippen molar-refractivity contribution < 1.29 is 9.59 Å². The van der Waals surface area contributed by atoms with Gasteiger partial charge in [-0.15, -0.1) is 0 Å². The van der Waals surface area contributed by atoms with E-state index in [1.807, 2.05) is 98.8 Å². The van der Waals surface area contributed by atoms with E-state index < -0.39 is 0 Å². The number of rotatable bonds is 7. The molecule has 0 bridgehead atoms. The Bertz CT molecular complexity index is 1930. The van der Waals surface area contributed by atoms with E-state index in [4.69, 9.17) is 0 Å². The fourth-order valence-corrected chi connectivity index (χ4v) is 5.44. The number of hydrogen-bond donors (Lipinski definition) is 2. The van der Waals surface area contributed by atoms with Crippen LogP contribution >= 0.6 is 0 Å². The minimum atomic E-state index is -0.181. The average molecular weight is 573 g/mol. The Morgan fingerprint density at radius 3 is 1.34 bits per heavy atom. The molecule has 0 aliphatic rings. The molecule has 0 aliphatic heterocycles. The lowest BCUT2D eigenvalue weighted by molar-refractivity contribution is -0.112. The molecule has 0 aliphatic carbocycles. The molecule has 0 saturated carbocycles. The number of carbonyl (C=O) groups excluding carboxylic acids is 2. The predicted molar refractivity (Wildman–Crippen MR) is 185 cm³/mol. The number of aryl methyl sites for hydroxylation is 2. The highest BCUT2D eigenvalue weighted by Crippen LogP contribution is 2.29. The Kier molecular flexibility index (Phi) is 8.15. The molecule has 6 rings (SSSR count). The van der Waals surface area contributed by atoms with Crippen LogP contribution in [0.2, 0.25) is 0 Å². The largest absolute Gasteiger partial charge is 0.322 e. The summed E-state index contributed by atoms with van der Waals surface area (Å²) >= 11 is 0. The lowest BCUT2D eigenvalue weighted by atomic mass is 10.00. The zero-order chi connectivity index (χ0) is 30.5. The van der Waals surface area contributed by atoms with E-state index >= 15 is 0 Å². The predicted octanol–water partition coefficient (Wildman–Crippen LogP) is 9.58. The Hall–Kier alpha value is -5.74. The van der Waals surface area contributed by atoms with Crippen molar-refractivity contribution in [1.29, 1.82) is 0 Å². The first-order valence-electron chi connectivity index (χ1n) is 14.6. The lowest BCUT2D eigenvalue weighted by Gasteiger charge is -2.12. The van der Waals surface area contributed by atoms with Crippen molar-refractivity contribution in [2.45, 2.75) is 13.8 Å². The summed E-state index contributed by atoms with van der Waals surface area (Å²) < 4.78 is 0. The van der Waals surface area contributed by atoms with Gasteiger partial charge in [0.2, 0.25) is 11.8 Å². The fraction of sp³-hybridized carbons (Fsp3) is 0.0500. The summed E-state index contributed by atoms with van der Waals surface area (Å²) in [4.78, 5) is 25.5. The van der Waals surface area contributed by atoms with Crippen LogP contribution < -0.4 is 10.6 Å². The van der Waals surface area contributed by atoms with Crippen LogP contribution in [0, 0.1) is 13.8 Å². The van der Waals surface area contributed by atoms with Gasteiger partial charge in [0.15, 0.2) is 0 Å². The molecular weight excluding hydrogens is 540 g/mol. The Morgan fingerprint density at radius 1 is 0.500 bits per heavy atom. The molecule has 4 heteroatoms. The summed E-state index contributed by atoms with van der Waals surface area (Å²) in [7, 11) is 0. The Labute approximate surface area is 257 Å². The number of anilines is 2. The van der Waals surface area contributed by atoms with Gasteiger partial charge in [-0.05, 0) is 105 Å². The zero-order valence-electron chi connectivity index (χ0n) is 24.7. The maximum Gasteiger partial charge on any atom is 0.248 e. The second-order valence-electron chi connectivity index (χ2n) is 10.8. The summed E-state index contributed by atoms with van der Waals surface area (Å²) in [5.74, 6) is -0.363. The second kappa shape index (κ2) is 12.6. The molecule has 44 heavy (non-hydrogen) atoms. The van der Waals surface area contributed by atoms with E-state index in [2.05, 4.69) is 59.2 Å². The van der Waals surface area contributed by atoms with Gasteiger partial charge in [0.1, 0.15) is 0 Å². The van der Waals surface area contributed by atoms with Crippen LogP contribution in [0.15, 0.2) is 133 Å². The zero-order valence-corrected chi connectivity index (χ0v) is 24.7. The van der Waals surface area contributed by atoms with Crippen LogP contribution in [0.4, 0.5) is 11.4 Å². The summed E-state index contributed by atoms with van der Waals surface area (Å²) in [6.45, 7) is 3.97. The minimum Gasteiger partial charge on any atom is -0.322 e. The third-order valence-corrected chi connectivity index (χ3v) is 7.78. The Balaban J connectivity index is 1.11. The minimum absolute atomic E-state index is 0.181. The first-order chi connectivity index (χ1) is 21.4. The van der Waals surface area contributed by atoms with Gasteiger partial charge in [0.05, 0.1) is 0 Å². The maximum atomic E-state index is 12.7. The second-order valence-corrected chi connectivity index (χ2v) is 10.8. The van der Waals surface area contributed by atoms with E-state index in [0.29, 0.717) is 0 Å². The quantitative estimate of drug-likeness (QED) is 0.187. The van der Waals surface area contributed by atoms with Crippen LogP contribution in [0.25, 0.3) is 44.8 Å². The van der Waals surface area contributed by atoms with Crippen molar-refractivity contribution in [2.24, 2.45) is 0 Å². The van der Waals surface area contributed by atoms with Crippen molar-refractivity contribution in [2.75, 3.05) is 10.6 Å². The van der Waals surface area contributed by atoms with Crippen LogP contribution in [0.1, 0.15) is 22.3 Å². The van der Waals surface area contributed by atoms with Crippen molar-refractivity contribution in [3.05, 3.63) is 156 Å². The monoisotopic (exact) mass is 572 g/mol. The SMILES string of the molecule is Cc1cc(-c2ccc(NC(=O)/C=C/c3cccc4ccccc34)c(C)c2)ccc1NC(=O)/C=C/c1cccc2ccccc12. The van der Waals surface area contributed by atoms with E-state index in [-0.39, 0.29) is 11.8 Å². The standard InChI is InChI=1S/C40H32N2O2/c1-27-25-33(17-21-37(27)41-39(43)23-19-31-13-7-11-29-9-3-5-15-35(29)31)34-18-22-38(28(2)26-34)42-40(44)24-20-32-14-8-12-30-10-4-6-16-36(30)32/h3-26H,1-2H3,(H,41,43)(H,42,44)/b23-19+,24-20+. The first-order valence-corrected chi connectivity index (χ1v) is 14.6. The van der Waals surface area contributed by atoms with Crippen LogP contribution in [-0.2, 0) is 9.59 Å². The van der Waals surface area contributed by atoms with Gasteiger partial charge in [0, 0.05) is 23.5 Å². The summed E-state index contributed by atoms with van der Waals surface area (Å²) in [6.07, 6.45) is 6.85. The molecule has 0 heterocycles. The molecule has 0 spiro atoms. The van der Waals surface area contributed by atoms with Crippen LogP contribution in [-0.4, -0.2) is 11.8 Å². The number of amides is 2. The van der Waals surface area contributed by atoms with Crippen LogP contribution in [0.5, 0.6) is 0 Å². The van der Waals surface area contributed by atoms with Gasteiger partial charge < -0.3 is 10.6 Å². The molecule has 2 amide bonds. The highest BCUT2D eigenvalue weighted by atomic mass is 16.2. The molecule has 0 atom stereocenters.